The van der Waals surface area contributed by atoms with Gasteiger partial charge in [-0.05, 0) is 45.4 Å². The van der Waals surface area contributed by atoms with Crippen LogP contribution in [0.2, 0.25) is 0 Å². The fourth-order valence-corrected chi connectivity index (χ4v) is 2.10. The maximum atomic E-state index is 9.98. The molecule has 5 heteroatoms. The van der Waals surface area contributed by atoms with Crippen LogP contribution in [0.3, 0.4) is 0 Å². The van der Waals surface area contributed by atoms with Crippen molar-refractivity contribution >= 4 is 11.7 Å². The number of nitrogens with one attached hydrogen (secondary N) is 1. The van der Waals surface area contributed by atoms with Crippen LogP contribution in [-0.2, 0) is 0 Å². The molecule has 0 fully saturated rings. The van der Waals surface area contributed by atoms with E-state index >= 15 is 0 Å². The van der Waals surface area contributed by atoms with E-state index in [0.717, 1.165) is 28.2 Å². The predicted octanol–water partition coefficient (Wildman–Crippen LogP) is 3.33. The summed E-state index contributed by atoms with van der Waals surface area (Å²) in [5.74, 6) is 0.690. The van der Waals surface area contributed by atoms with Gasteiger partial charge in [-0.25, -0.2) is 15.4 Å². The number of nitrogens with zero attached hydrogens (tertiary/aromatic N) is 3. The standard InChI is InChI=1S/C16H20N4O/c1-5-14(13-8-10(2)6-7-15(13)21)19-20-16-17-11(3)9-12(4)18-16/h6-9,21H,5H2,1-4H3,(H,17,18,20)/b19-14+. The summed E-state index contributed by atoms with van der Waals surface area (Å²) in [7, 11) is 0. The number of benzene rings is 1. The molecule has 2 N–H and O–H groups in total. The average molecular weight is 284 g/mol. The van der Waals surface area contributed by atoms with Gasteiger partial charge < -0.3 is 5.11 Å². The molecule has 0 saturated carbocycles. The summed E-state index contributed by atoms with van der Waals surface area (Å²) in [4.78, 5) is 8.56. The lowest BCUT2D eigenvalue weighted by molar-refractivity contribution is 0.474. The number of hydrogen-bond acceptors (Lipinski definition) is 5. The highest BCUT2D eigenvalue weighted by Gasteiger charge is 2.08. The van der Waals surface area contributed by atoms with E-state index in [0.29, 0.717) is 12.4 Å². The van der Waals surface area contributed by atoms with Crippen LogP contribution in [0.5, 0.6) is 5.75 Å². The molecule has 0 atom stereocenters. The Morgan fingerprint density at radius 3 is 2.43 bits per heavy atom. The van der Waals surface area contributed by atoms with Crippen molar-refractivity contribution in [2.45, 2.75) is 34.1 Å². The number of phenols is 1. The van der Waals surface area contributed by atoms with E-state index in [9.17, 15) is 5.11 Å². The van der Waals surface area contributed by atoms with E-state index in [1.54, 1.807) is 6.07 Å². The Labute approximate surface area is 124 Å². The first-order chi connectivity index (χ1) is 9.99. The van der Waals surface area contributed by atoms with Gasteiger partial charge in [0.25, 0.3) is 0 Å². The fraction of sp³-hybridized carbons (Fsp3) is 0.312. The highest BCUT2D eigenvalue weighted by atomic mass is 16.3. The minimum absolute atomic E-state index is 0.226. The molecule has 2 rings (SSSR count). The first kappa shape index (κ1) is 15.0. The number of phenolic OH excluding ortho intramolecular Hbond substituents is 1. The van der Waals surface area contributed by atoms with Crippen molar-refractivity contribution in [3.8, 4) is 5.75 Å². The van der Waals surface area contributed by atoms with Crippen molar-refractivity contribution in [3.63, 3.8) is 0 Å². The fourth-order valence-electron chi connectivity index (χ4n) is 2.10. The normalized spacial score (nSPS) is 11.5. The highest BCUT2D eigenvalue weighted by molar-refractivity contribution is 6.03. The van der Waals surface area contributed by atoms with Crippen LogP contribution in [-0.4, -0.2) is 20.8 Å². The zero-order valence-electron chi connectivity index (χ0n) is 12.8. The largest absolute Gasteiger partial charge is 0.507 e. The molecule has 0 spiro atoms. The van der Waals surface area contributed by atoms with Gasteiger partial charge in [0.1, 0.15) is 5.75 Å². The third-order valence-electron chi connectivity index (χ3n) is 3.07. The van der Waals surface area contributed by atoms with E-state index in [1.165, 1.54) is 0 Å². The van der Waals surface area contributed by atoms with Crippen LogP contribution >= 0.6 is 0 Å². The van der Waals surface area contributed by atoms with Gasteiger partial charge in [-0.15, -0.1) is 0 Å². The molecule has 1 aromatic heterocycles. The molecule has 0 bridgehead atoms. The molecule has 0 unspecified atom stereocenters. The van der Waals surface area contributed by atoms with Gasteiger partial charge in [0.05, 0.1) is 5.71 Å². The first-order valence-electron chi connectivity index (χ1n) is 6.94. The minimum Gasteiger partial charge on any atom is -0.507 e. The van der Waals surface area contributed by atoms with Crippen LogP contribution in [0.4, 0.5) is 5.95 Å². The van der Waals surface area contributed by atoms with Crippen molar-refractivity contribution in [1.82, 2.24) is 9.97 Å². The highest BCUT2D eigenvalue weighted by Crippen LogP contribution is 2.20. The van der Waals surface area contributed by atoms with Crippen molar-refractivity contribution in [2.75, 3.05) is 5.43 Å². The summed E-state index contributed by atoms with van der Waals surface area (Å²) >= 11 is 0. The molecule has 110 valence electrons. The van der Waals surface area contributed by atoms with Gasteiger partial charge in [-0.2, -0.15) is 5.10 Å². The molecule has 0 amide bonds. The Kier molecular flexibility index (Phi) is 4.52. The third-order valence-corrected chi connectivity index (χ3v) is 3.07. The smallest absolute Gasteiger partial charge is 0.243 e. The Morgan fingerprint density at radius 2 is 1.81 bits per heavy atom. The van der Waals surface area contributed by atoms with Crippen molar-refractivity contribution < 1.29 is 5.11 Å². The zero-order chi connectivity index (χ0) is 15.4. The van der Waals surface area contributed by atoms with Crippen molar-refractivity contribution in [2.24, 2.45) is 5.10 Å². The van der Waals surface area contributed by atoms with Crippen LogP contribution in [0.15, 0.2) is 29.4 Å². The second-order valence-electron chi connectivity index (χ2n) is 5.02. The van der Waals surface area contributed by atoms with Crippen LogP contribution < -0.4 is 5.43 Å². The Morgan fingerprint density at radius 1 is 1.14 bits per heavy atom. The average Bonchev–Trinajstić information content (AvgIpc) is 2.42. The molecule has 0 aliphatic rings. The van der Waals surface area contributed by atoms with E-state index in [-0.39, 0.29) is 5.75 Å². The van der Waals surface area contributed by atoms with E-state index < -0.39 is 0 Å². The predicted molar refractivity (Wildman–Crippen MR) is 84.8 cm³/mol. The van der Waals surface area contributed by atoms with E-state index in [1.807, 2.05) is 45.9 Å². The molecule has 0 aliphatic carbocycles. The summed E-state index contributed by atoms with van der Waals surface area (Å²) in [5, 5.41) is 14.3. The molecule has 0 saturated heterocycles. The molecule has 5 nitrogen and oxygen atoms in total. The second kappa shape index (κ2) is 6.35. The van der Waals surface area contributed by atoms with Crippen molar-refractivity contribution in [3.05, 3.63) is 46.8 Å². The summed E-state index contributed by atoms with van der Waals surface area (Å²) in [6.45, 7) is 7.80. The zero-order valence-corrected chi connectivity index (χ0v) is 12.8. The monoisotopic (exact) mass is 284 g/mol. The van der Waals surface area contributed by atoms with Crippen LogP contribution in [0, 0.1) is 20.8 Å². The van der Waals surface area contributed by atoms with Gasteiger partial charge >= 0.3 is 0 Å². The molecule has 0 radical (unpaired) electrons. The summed E-state index contributed by atoms with van der Waals surface area (Å²) in [6, 6.07) is 7.37. The number of hydrogen-bond donors (Lipinski definition) is 2. The number of anilines is 1. The van der Waals surface area contributed by atoms with E-state index in [4.69, 9.17) is 0 Å². The Balaban J connectivity index is 2.30. The minimum atomic E-state index is 0.226. The Bertz CT molecular complexity index is 660. The second-order valence-corrected chi connectivity index (χ2v) is 5.02. The van der Waals surface area contributed by atoms with Gasteiger partial charge in [-0.3, -0.25) is 0 Å². The van der Waals surface area contributed by atoms with Crippen molar-refractivity contribution in [1.29, 1.82) is 0 Å². The third kappa shape index (κ3) is 3.78. The molecular formula is C16H20N4O. The lowest BCUT2D eigenvalue weighted by Gasteiger charge is -2.09. The molecule has 21 heavy (non-hydrogen) atoms. The molecular weight excluding hydrogens is 264 g/mol. The SMILES string of the molecule is CC/C(=N\Nc1nc(C)cc(C)n1)c1cc(C)ccc1O. The lowest BCUT2D eigenvalue weighted by Crippen LogP contribution is -2.06. The van der Waals surface area contributed by atoms with E-state index in [2.05, 4.69) is 20.5 Å². The first-order valence-corrected chi connectivity index (χ1v) is 6.94. The molecule has 2 aromatic rings. The summed E-state index contributed by atoms with van der Waals surface area (Å²) in [6.07, 6.45) is 0.689. The maximum Gasteiger partial charge on any atom is 0.243 e. The van der Waals surface area contributed by atoms with Gasteiger partial charge in [-0.1, -0.05) is 18.6 Å². The Hall–Kier alpha value is -2.43. The van der Waals surface area contributed by atoms with Crippen LogP contribution in [0.1, 0.15) is 35.9 Å². The van der Waals surface area contributed by atoms with Gasteiger partial charge in [0, 0.05) is 17.0 Å². The topological polar surface area (TPSA) is 70.4 Å². The number of aromatic nitrogens is 2. The molecule has 1 aromatic carbocycles. The number of aromatic hydroxyl groups is 1. The number of rotatable bonds is 4. The number of aryl methyl sites for hydroxylation is 3. The maximum absolute atomic E-state index is 9.98. The van der Waals surface area contributed by atoms with Crippen LogP contribution in [0.25, 0.3) is 0 Å². The lowest BCUT2D eigenvalue weighted by atomic mass is 10.0. The van der Waals surface area contributed by atoms with Gasteiger partial charge in [0.15, 0.2) is 0 Å². The number of hydrazone groups is 1. The van der Waals surface area contributed by atoms with Gasteiger partial charge in [0.2, 0.25) is 5.95 Å². The quantitative estimate of drug-likeness (QED) is 0.667. The molecule has 1 heterocycles. The summed E-state index contributed by atoms with van der Waals surface area (Å²) in [5.41, 5.74) is 7.22. The summed E-state index contributed by atoms with van der Waals surface area (Å²) < 4.78 is 0. The molecule has 0 aliphatic heterocycles.